The van der Waals surface area contributed by atoms with Crippen LogP contribution in [0.1, 0.15) is 11.4 Å². The summed E-state index contributed by atoms with van der Waals surface area (Å²) in [6.07, 6.45) is 1.49. The summed E-state index contributed by atoms with van der Waals surface area (Å²) in [7, 11) is 1.74. The molecule has 0 aliphatic rings. The molecule has 0 fully saturated rings. The van der Waals surface area contributed by atoms with Crippen LogP contribution in [0, 0.1) is 10.1 Å². The quantitative estimate of drug-likeness (QED) is 0.672. The van der Waals surface area contributed by atoms with E-state index < -0.39 is 4.92 Å². The molecule has 1 aromatic heterocycles. The van der Waals surface area contributed by atoms with Crippen LogP contribution in [0.15, 0.2) is 24.4 Å². The Morgan fingerprint density at radius 2 is 2.30 bits per heavy atom. The van der Waals surface area contributed by atoms with Crippen molar-refractivity contribution in [3.05, 3.63) is 51.1 Å². The number of hydrogen-bond acceptors (Lipinski definition) is 5. The third-order valence-corrected chi connectivity index (χ3v) is 3.19. The lowest BCUT2D eigenvalue weighted by Gasteiger charge is -2.08. The van der Waals surface area contributed by atoms with Crippen LogP contribution in [-0.2, 0) is 20.2 Å². The lowest BCUT2D eigenvalue weighted by molar-refractivity contribution is -0.386. The summed E-state index contributed by atoms with van der Waals surface area (Å²) in [6.45, 7) is 0.322. The minimum Gasteiger partial charge on any atom is -0.479 e. The maximum atomic E-state index is 11.0. The van der Waals surface area contributed by atoms with Gasteiger partial charge in [-0.2, -0.15) is 0 Å². The van der Waals surface area contributed by atoms with Gasteiger partial charge in [-0.15, -0.1) is 0 Å². The minimum atomic E-state index is -0.500. The topological polar surface area (TPSA) is 96.2 Å². The first-order chi connectivity index (χ1) is 9.52. The Morgan fingerprint density at radius 1 is 1.55 bits per heavy atom. The van der Waals surface area contributed by atoms with E-state index in [0.717, 1.165) is 0 Å². The van der Waals surface area contributed by atoms with Gasteiger partial charge in [0, 0.05) is 19.7 Å². The highest BCUT2D eigenvalue weighted by atomic mass is 35.5. The van der Waals surface area contributed by atoms with E-state index >= 15 is 0 Å². The van der Waals surface area contributed by atoms with E-state index in [1.165, 1.54) is 18.3 Å². The number of rotatable bonds is 5. The first-order valence-corrected chi connectivity index (χ1v) is 6.17. The highest BCUT2D eigenvalue weighted by Crippen LogP contribution is 2.28. The summed E-state index contributed by atoms with van der Waals surface area (Å²) < 4.78 is 7.09. The van der Waals surface area contributed by atoms with Crippen molar-refractivity contribution in [2.75, 3.05) is 0 Å². The van der Waals surface area contributed by atoms with Gasteiger partial charge in [0.25, 0.3) is 0 Å². The molecular formula is C12H13ClN4O3. The van der Waals surface area contributed by atoms with Crippen molar-refractivity contribution in [1.82, 2.24) is 9.55 Å². The molecule has 8 heteroatoms. The molecule has 106 valence electrons. The number of nitrogens with two attached hydrogens (primary N) is 1. The SMILES string of the molecule is Cn1c(Cl)cnc1COc1ccc(CN)cc1[N+](=O)[O-]. The first-order valence-electron chi connectivity index (χ1n) is 5.79. The van der Waals surface area contributed by atoms with Gasteiger partial charge in [-0.3, -0.25) is 10.1 Å². The van der Waals surface area contributed by atoms with Gasteiger partial charge < -0.3 is 15.0 Å². The second-order valence-electron chi connectivity index (χ2n) is 4.11. The maximum absolute atomic E-state index is 11.0. The molecule has 2 aromatic rings. The molecule has 20 heavy (non-hydrogen) atoms. The molecule has 0 saturated heterocycles. The highest BCUT2D eigenvalue weighted by molar-refractivity contribution is 6.29. The van der Waals surface area contributed by atoms with Crippen molar-refractivity contribution in [1.29, 1.82) is 0 Å². The first kappa shape index (κ1) is 14.3. The zero-order chi connectivity index (χ0) is 14.7. The van der Waals surface area contributed by atoms with Crippen LogP contribution in [0.2, 0.25) is 5.15 Å². The molecule has 0 radical (unpaired) electrons. The summed E-state index contributed by atoms with van der Waals surface area (Å²) in [5, 5.41) is 11.5. The molecule has 2 N–H and O–H groups in total. The predicted molar refractivity (Wildman–Crippen MR) is 73.5 cm³/mol. The maximum Gasteiger partial charge on any atom is 0.311 e. The van der Waals surface area contributed by atoms with E-state index in [0.29, 0.717) is 16.5 Å². The third kappa shape index (κ3) is 2.89. The fraction of sp³-hybridized carbons (Fsp3) is 0.250. The molecule has 0 saturated carbocycles. The second-order valence-corrected chi connectivity index (χ2v) is 4.50. The van der Waals surface area contributed by atoms with Gasteiger partial charge in [0.05, 0.1) is 11.1 Å². The summed E-state index contributed by atoms with van der Waals surface area (Å²) in [5.74, 6) is 0.749. The van der Waals surface area contributed by atoms with E-state index in [2.05, 4.69) is 4.98 Å². The van der Waals surface area contributed by atoms with Crippen LogP contribution in [0.25, 0.3) is 0 Å². The molecular weight excluding hydrogens is 284 g/mol. The molecule has 1 aromatic carbocycles. The molecule has 0 aliphatic heterocycles. The fourth-order valence-electron chi connectivity index (χ4n) is 1.66. The molecule has 0 spiro atoms. The standard InChI is InChI=1S/C12H13ClN4O3/c1-16-11(13)6-15-12(16)7-20-10-3-2-8(5-14)4-9(10)17(18)19/h2-4,6H,5,7,14H2,1H3. The lowest BCUT2D eigenvalue weighted by Crippen LogP contribution is -2.05. The van der Waals surface area contributed by atoms with Gasteiger partial charge in [-0.1, -0.05) is 17.7 Å². The predicted octanol–water partition coefficient (Wildman–Crippen LogP) is 2.02. The Morgan fingerprint density at radius 3 is 2.85 bits per heavy atom. The lowest BCUT2D eigenvalue weighted by atomic mass is 10.2. The Kier molecular flexibility index (Phi) is 4.21. The van der Waals surface area contributed by atoms with E-state index in [-0.39, 0.29) is 24.6 Å². The minimum absolute atomic E-state index is 0.0893. The van der Waals surface area contributed by atoms with Crippen LogP contribution in [0.5, 0.6) is 5.75 Å². The van der Waals surface area contributed by atoms with E-state index in [9.17, 15) is 10.1 Å². The van der Waals surface area contributed by atoms with E-state index in [1.54, 1.807) is 17.7 Å². The van der Waals surface area contributed by atoms with Gasteiger partial charge in [0.15, 0.2) is 5.75 Å². The molecule has 0 unspecified atom stereocenters. The molecule has 0 amide bonds. The van der Waals surface area contributed by atoms with Crippen LogP contribution >= 0.6 is 11.6 Å². The largest absolute Gasteiger partial charge is 0.479 e. The monoisotopic (exact) mass is 296 g/mol. The number of nitro groups is 1. The van der Waals surface area contributed by atoms with Crippen molar-refractivity contribution in [3.8, 4) is 5.75 Å². The molecule has 0 aliphatic carbocycles. The zero-order valence-electron chi connectivity index (χ0n) is 10.7. The number of imidazole rings is 1. The number of nitro benzene ring substituents is 1. The Labute approximate surface area is 120 Å². The third-order valence-electron chi connectivity index (χ3n) is 2.84. The van der Waals surface area contributed by atoms with E-state index in [1.807, 2.05) is 0 Å². The van der Waals surface area contributed by atoms with Crippen LogP contribution in [0.4, 0.5) is 5.69 Å². The average Bonchev–Trinajstić information content (AvgIpc) is 2.76. The smallest absolute Gasteiger partial charge is 0.311 e. The summed E-state index contributed by atoms with van der Waals surface area (Å²) in [5.41, 5.74) is 6.02. The van der Waals surface area contributed by atoms with Gasteiger partial charge in [0.1, 0.15) is 17.6 Å². The number of benzene rings is 1. The second kappa shape index (κ2) is 5.89. The molecule has 1 heterocycles. The number of aromatic nitrogens is 2. The summed E-state index contributed by atoms with van der Waals surface area (Å²) in [4.78, 5) is 14.6. The van der Waals surface area contributed by atoms with Crippen molar-refractivity contribution < 1.29 is 9.66 Å². The molecule has 0 atom stereocenters. The van der Waals surface area contributed by atoms with Gasteiger partial charge in [-0.25, -0.2) is 4.98 Å². The molecule has 2 rings (SSSR count). The van der Waals surface area contributed by atoms with Gasteiger partial charge >= 0.3 is 5.69 Å². The van der Waals surface area contributed by atoms with Crippen molar-refractivity contribution in [2.24, 2.45) is 12.8 Å². The number of halogens is 1. The molecule has 7 nitrogen and oxygen atoms in total. The Bertz CT molecular complexity index is 642. The van der Waals surface area contributed by atoms with Gasteiger partial charge in [0.2, 0.25) is 0 Å². The Balaban J connectivity index is 2.21. The van der Waals surface area contributed by atoms with Crippen LogP contribution in [0.3, 0.4) is 0 Å². The van der Waals surface area contributed by atoms with Gasteiger partial charge in [-0.05, 0) is 11.6 Å². The number of hydrogen-bond donors (Lipinski definition) is 1. The highest BCUT2D eigenvalue weighted by Gasteiger charge is 2.16. The molecule has 0 bridgehead atoms. The van der Waals surface area contributed by atoms with Crippen molar-refractivity contribution in [3.63, 3.8) is 0 Å². The van der Waals surface area contributed by atoms with Crippen molar-refractivity contribution in [2.45, 2.75) is 13.2 Å². The van der Waals surface area contributed by atoms with Crippen LogP contribution in [-0.4, -0.2) is 14.5 Å². The Hall–Kier alpha value is -2.12. The summed E-state index contributed by atoms with van der Waals surface area (Å²) >= 11 is 5.86. The van der Waals surface area contributed by atoms with Crippen LogP contribution < -0.4 is 10.5 Å². The van der Waals surface area contributed by atoms with E-state index in [4.69, 9.17) is 22.1 Å². The average molecular weight is 297 g/mol. The normalized spacial score (nSPS) is 10.6. The van der Waals surface area contributed by atoms with Crippen molar-refractivity contribution >= 4 is 17.3 Å². The fourth-order valence-corrected chi connectivity index (χ4v) is 1.80. The number of nitrogens with zero attached hydrogens (tertiary/aromatic N) is 3. The number of ether oxygens (including phenoxy) is 1. The summed E-state index contributed by atoms with van der Waals surface area (Å²) in [6, 6.07) is 4.62. The zero-order valence-corrected chi connectivity index (χ0v) is 11.5.